The number of hydrogen-bond acceptors (Lipinski definition) is 5. The van der Waals surface area contributed by atoms with Crippen LogP contribution in [0.5, 0.6) is 5.75 Å². The Balaban J connectivity index is 2.18. The van der Waals surface area contributed by atoms with Crippen LogP contribution in [-0.4, -0.2) is 10.0 Å². The smallest absolute Gasteiger partial charge is 0.311 e. The van der Waals surface area contributed by atoms with Crippen molar-refractivity contribution < 1.29 is 19.2 Å². The molecule has 0 saturated carbocycles. The molecule has 0 amide bonds. The number of nitro groups is 1. The lowest BCUT2D eigenvalue weighted by atomic mass is 10.2. The molecular weight excluding hydrogens is 238 g/mol. The maximum absolute atomic E-state index is 10.9. The summed E-state index contributed by atoms with van der Waals surface area (Å²) in [5.74, 6) is 0.726. The number of nitro benzene ring substituents is 1. The fourth-order valence-corrected chi connectivity index (χ4v) is 1.47. The van der Waals surface area contributed by atoms with Crippen molar-refractivity contribution in [2.75, 3.05) is 0 Å². The molecule has 2 aromatic rings. The predicted octanol–water partition coefficient (Wildman–Crippen LogP) is 2.26. The fourth-order valence-electron chi connectivity index (χ4n) is 1.47. The summed E-state index contributed by atoms with van der Waals surface area (Å²) in [6.07, 6.45) is 1.50. The van der Waals surface area contributed by atoms with E-state index in [-0.39, 0.29) is 24.7 Å². The van der Waals surface area contributed by atoms with Crippen molar-refractivity contribution in [3.05, 3.63) is 58.0 Å². The van der Waals surface area contributed by atoms with Crippen LogP contribution in [0.25, 0.3) is 0 Å². The van der Waals surface area contributed by atoms with Crippen molar-refractivity contribution in [3.8, 4) is 5.75 Å². The molecule has 94 valence electrons. The van der Waals surface area contributed by atoms with Gasteiger partial charge in [-0.05, 0) is 23.8 Å². The van der Waals surface area contributed by atoms with E-state index in [4.69, 9.17) is 14.3 Å². The Labute approximate surface area is 103 Å². The Bertz CT molecular complexity index is 535. The quantitative estimate of drug-likeness (QED) is 0.648. The van der Waals surface area contributed by atoms with Crippen LogP contribution in [0.15, 0.2) is 41.0 Å². The minimum absolute atomic E-state index is 0.117. The summed E-state index contributed by atoms with van der Waals surface area (Å²) < 4.78 is 10.4. The first-order chi connectivity index (χ1) is 8.70. The minimum Gasteiger partial charge on any atom is -0.479 e. The van der Waals surface area contributed by atoms with Gasteiger partial charge in [0.1, 0.15) is 12.4 Å². The Morgan fingerprint density at radius 1 is 1.39 bits per heavy atom. The number of rotatable bonds is 5. The zero-order chi connectivity index (χ0) is 13.0. The maximum Gasteiger partial charge on any atom is 0.311 e. The second-order valence-electron chi connectivity index (χ2n) is 3.59. The minimum atomic E-state index is -0.545. The number of hydrogen-bond donors (Lipinski definition) is 1. The average Bonchev–Trinajstić information content (AvgIpc) is 2.89. The lowest BCUT2D eigenvalue weighted by Crippen LogP contribution is -1.99. The van der Waals surface area contributed by atoms with Gasteiger partial charge < -0.3 is 14.3 Å². The van der Waals surface area contributed by atoms with Crippen molar-refractivity contribution in [1.82, 2.24) is 0 Å². The first-order valence-electron chi connectivity index (χ1n) is 5.24. The number of aliphatic hydroxyl groups excluding tert-OH is 1. The standard InChI is InChI=1S/C12H11NO5/c14-7-9-3-4-12(11(6-9)13(15)16)18-8-10-2-1-5-17-10/h1-6,14H,7-8H2. The normalized spacial score (nSPS) is 10.3. The molecule has 0 atom stereocenters. The van der Waals surface area contributed by atoms with Gasteiger partial charge in [0.25, 0.3) is 0 Å². The lowest BCUT2D eigenvalue weighted by molar-refractivity contribution is -0.386. The lowest BCUT2D eigenvalue weighted by Gasteiger charge is -2.06. The zero-order valence-electron chi connectivity index (χ0n) is 9.41. The van der Waals surface area contributed by atoms with Crippen LogP contribution < -0.4 is 4.74 Å². The summed E-state index contributed by atoms with van der Waals surface area (Å²) in [5.41, 5.74) is 0.292. The molecule has 0 radical (unpaired) electrons. The molecule has 0 spiro atoms. The molecule has 0 unspecified atom stereocenters. The topological polar surface area (TPSA) is 85.7 Å². The average molecular weight is 249 g/mol. The van der Waals surface area contributed by atoms with E-state index < -0.39 is 4.92 Å². The molecule has 6 nitrogen and oxygen atoms in total. The highest BCUT2D eigenvalue weighted by molar-refractivity contribution is 5.48. The highest BCUT2D eigenvalue weighted by atomic mass is 16.6. The largest absolute Gasteiger partial charge is 0.479 e. The summed E-state index contributed by atoms with van der Waals surface area (Å²) in [4.78, 5) is 10.3. The first-order valence-corrected chi connectivity index (χ1v) is 5.24. The van der Waals surface area contributed by atoms with Crippen molar-refractivity contribution in [3.63, 3.8) is 0 Å². The van der Waals surface area contributed by atoms with Gasteiger partial charge in [0, 0.05) is 6.07 Å². The van der Waals surface area contributed by atoms with Crippen LogP contribution in [0.1, 0.15) is 11.3 Å². The molecule has 2 rings (SSSR count). The van der Waals surface area contributed by atoms with Gasteiger partial charge >= 0.3 is 5.69 Å². The number of aliphatic hydroxyl groups is 1. The molecule has 1 aromatic carbocycles. The van der Waals surface area contributed by atoms with Gasteiger partial charge in [0.2, 0.25) is 0 Å². The summed E-state index contributed by atoms with van der Waals surface area (Å²) in [6, 6.07) is 7.75. The fraction of sp³-hybridized carbons (Fsp3) is 0.167. The molecule has 0 bridgehead atoms. The summed E-state index contributed by atoms with van der Waals surface area (Å²) in [7, 11) is 0. The second kappa shape index (κ2) is 5.33. The van der Waals surface area contributed by atoms with Gasteiger partial charge in [-0.1, -0.05) is 6.07 Å². The molecule has 1 N–H and O–H groups in total. The maximum atomic E-state index is 10.9. The van der Waals surface area contributed by atoms with E-state index in [9.17, 15) is 10.1 Å². The van der Waals surface area contributed by atoms with Crippen LogP contribution >= 0.6 is 0 Å². The van der Waals surface area contributed by atoms with Crippen molar-refractivity contribution >= 4 is 5.69 Å². The molecule has 1 heterocycles. The number of benzene rings is 1. The van der Waals surface area contributed by atoms with Crippen molar-refractivity contribution in [1.29, 1.82) is 0 Å². The van der Waals surface area contributed by atoms with E-state index in [1.165, 1.54) is 18.4 Å². The molecule has 0 saturated heterocycles. The highest BCUT2D eigenvalue weighted by Crippen LogP contribution is 2.28. The monoisotopic (exact) mass is 249 g/mol. The van der Waals surface area contributed by atoms with E-state index in [1.807, 2.05) is 0 Å². The van der Waals surface area contributed by atoms with E-state index in [0.717, 1.165) is 0 Å². The molecule has 0 aliphatic heterocycles. The van der Waals surface area contributed by atoms with Crippen LogP contribution in [0.2, 0.25) is 0 Å². The third kappa shape index (κ3) is 2.67. The van der Waals surface area contributed by atoms with Gasteiger partial charge in [-0.3, -0.25) is 10.1 Å². The molecule has 1 aromatic heterocycles. The van der Waals surface area contributed by atoms with Crippen LogP contribution in [0.4, 0.5) is 5.69 Å². The SMILES string of the molecule is O=[N+]([O-])c1cc(CO)ccc1OCc1ccco1. The van der Waals surface area contributed by atoms with Crippen LogP contribution in [-0.2, 0) is 13.2 Å². The molecule has 18 heavy (non-hydrogen) atoms. The van der Waals surface area contributed by atoms with Gasteiger partial charge in [0.15, 0.2) is 5.75 Å². The first kappa shape index (κ1) is 12.1. The summed E-state index contributed by atoms with van der Waals surface area (Å²) >= 11 is 0. The van der Waals surface area contributed by atoms with E-state index in [1.54, 1.807) is 18.2 Å². The molecule has 0 fully saturated rings. The molecule has 6 heteroatoms. The van der Waals surface area contributed by atoms with Gasteiger partial charge in [-0.2, -0.15) is 0 Å². The third-order valence-electron chi connectivity index (χ3n) is 2.35. The number of furan rings is 1. The third-order valence-corrected chi connectivity index (χ3v) is 2.35. The predicted molar refractivity (Wildman–Crippen MR) is 62.1 cm³/mol. The van der Waals surface area contributed by atoms with Crippen molar-refractivity contribution in [2.45, 2.75) is 13.2 Å². The Morgan fingerprint density at radius 2 is 2.22 bits per heavy atom. The molecular formula is C12H11NO5. The molecule has 0 aliphatic rings. The van der Waals surface area contributed by atoms with Gasteiger partial charge in [0.05, 0.1) is 17.8 Å². The van der Waals surface area contributed by atoms with Gasteiger partial charge in [-0.15, -0.1) is 0 Å². The second-order valence-corrected chi connectivity index (χ2v) is 3.59. The highest BCUT2D eigenvalue weighted by Gasteiger charge is 2.16. The van der Waals surface area contributed by atoms with E-state index >= 15 is 0 Å². The van der Waals surface area contributed by atoms with Crippen LogP contribution in [0.3, 0.4) is 0 Å². The Hall–Kier alpha value is -2.34. The van der Waals surface area contributed by atoms with Crippen LogP contribution in [0, 0.1) is 10.1 Å². The number of nitrogens with zero attached hydrogens (tertiary/aromatic N) is 1. The van der Waals surface area contributed by atoms with E-state index in [2.05, 4.69) is 0 Å². The van der Waals surface area contributed by atoms with Gasteiger partial charge in [-0.25, -0.2) is 0 Å². The Morgan fingerprint density at radius 3 is 2.83 bits per heavy atom. The van der Waals surface area contributed by atoms with E-state index in [0.29, 0.717) is 11.3 Å². The summed E-state index contributed by atoms with van der Waals surface area (Å²) in [6.45, 7) is -0.133. The number of ether oxygens (including phenoxy) is 1. The van der Waals surface area contributed by atoms with Crippen molar-refractivity contribution in [2.24, 2.45) is 0 Å². The Kier molecular flexibility index (Phi) is 3.59. The zero-order valence-corrected chi connectivity index (χ0v) is 9.41. The summed E-state index contributed by atoms with van der Waals surface area (Å²) in [5, 5.41) is 19.8. The molecule has 0 aliphatic carbocycles.